The van der Waals surface area contributed by atoms with Gasteiger partial charge in [-0.3, -0.25) is 5.43 Å². The first-order valence-corrected chi connectivity index (χ1v) is 6.27. The first-order valence-electron chi connectivity index (χ1n) is 6.27. The van der Waals surface area contributed by atoms with E-state index in [9.17, 15) is 4.79 Å². The van der Waals surface area contributed by atoms with E-state index >= 15 is 0 Å². The molecule has 1 heterocycles. The summed E-state index contributed by atoms with van der Waals surface area (Å²) in [7, 11) is 2.96. The van der Waals surface area contributed by atoms with Gasteiger partial charge < -0.3 is 14.9 Å². The third kappa shape index (κ3) is 2.12. The summed E-state index contributed by atoms with van der Waals surface area (Å²) in [5.41, 5.74) is 9.78. The van der Waals surface area contributed by atoms with Gasteiger partial charge in [0.25, 0.3) is 0 Å². The van der Waals surface area contributed by atoms with Crippen LogP contribution in [0.5, 0.6) is 5.75 Å². The van der Waals surface area contributed by atoms with Crippen molar-refractivity contribution in [1.82, 2.24) is 5.43 Å². The second kappa shape index (κ2) is 4.50. The minimum absolute atomic E-state index is 0.360. The van der Waals surface area contributed by atoms with Gasteiger partial charge in [0.2, 0.25) is 0 Å². The van der Waals surface area contributed by atoms with Crippen LogP contribution in [0.2, 0.25) is 0 Å². The van der Waals surface area contributed by atoms with Crippen LogP contribution in [0.3, 0.4) is 0 Å². The number of esters is 1. The highest BCUT2D eigenvalue weighted by Crippen LogP contribution is 2.40. The molecule has 0 amide bonds. The number of allylic oxidation sites excluding steroid dienone is 1. The molecule has 0 aromatic heterocycles. The number of hydrogen-bond acceptors (Lipinski definition) is 5. The minimum atomic E-state index is -0.360. The fourth-order valence-corrected chi connectivity index (χ4v) is 2.23. The average molecular weight is 260 g/mol. The van der Waals surface area contributed by atoms with Crippen LogP contribution >= 0.6 is 0 Å². The molecule has 0 bridgehead atoms. The molecular formula is C14H16N2O3. The first kappa shape index (κ1) is 11.9. The van der Waals surface area contributed by atoms with Gasteiger partial charge in [-0.25, -0.2) is 4.79 Å². The van der Waals surface area contributed by atoms with Gasteiger partial charge in [0.05, 0.1) is 19.8 Å². The quantitative estimate of drug-likeness (QED) is 0.816. The Balaban J connectivity index is 2.06. The van der Waals surface area contributed by atoms with Crippen LogP contribution in [0.15, 0.2) is 17.8 Å². The molecule has 1 aromatic rings. The average Bonchev–Trinajstić information content (AvgIpc) is 3.29. The van der Waals surface area contributed by atoms with Gasteiger partial charge in [0.1, 0.15) is 11.4 Å². The van der Waals surface area contributed by atoms with E-state index in [1.807, 2.05) is 6.07 Å². The summed E-state index contributed by atoms with van der Waals surface area (Å²) < 4.78 is 10.1. The molecular weight excluding hydrogens is 244 g/mol. The molecule has 1 saturated carbocycles. The molecule has 0 radical (unpaired) electrons. The van der Waals surface area contributed by atoms with Crippen LogP contribution in [0.1, 0.15) is 28.8 Å². The molecule has 0 saturated heterocycles. The fraction of sp³-hybridized carbons (Fsp3) is 0.357. The van der Waals surface area contributed by atoms with Crippen LogP contribution in [-0.2, 0) is 4.74 Å². The number of benzene rings is 1. The van der Waals surface area contributed by atoms with Crippen LogP contribution in [0.4, 0.5) is 5.69 Å². The van der Waals surface area contributed by atoms with E-state index in [1.165, 1.54) is 20.0 Å². The second-order valence-corrected chi connectivity index (χ2v) is 4.76. The van der Waals surface area contributed by atoms with Crippen molar-refractivity contribution in [3.63, 3.8) is 0 Å². The smallest absolute Gasteiger partial charge is 0.338 e. The number of ether oxygens (including phenoxy) is 2. The van der Waals surface area contributed by atoms with Crippen molar-refractivity contribution < 1.29 is 14.3 Å². The van der Waals surface area contributed by atoms with Gasteiger partial charge in [-0.1, -0.05) is 0 Å². The lowest BCUT2D eigenvalue weighted by atomic mass is 10.0. The lowest BCUT2D eigenvalue weighted by molar-refractivity contribution is 0.0600. The highest BCUT2D eigenvalue weighted by atomic mass is 16.5. The van der Waals surface area contributed by atoms with E-state index in [-0.39, 0.29) is 5.97 Å². The minimum Gasteiger partial charge on any atom is -0.494 e. The number of anilines is 1. The van der Waals surface area contributed by atoms with Crippen LogP contribution in [0.25, 0.3) is 6.08 Å². The number of methoxy groups -OCH3 is 2. The lowest BCUT2D eigenvalue weighted by Gasteiger charge is -2.23. The zero-order valence-electron chi connectivity index (χ0n) is 10.9. The zero-order chi connectivity index (χ0) is 13.4. The summed E-state index contributed by atoms with van der Waals surface area (Å²) in [6, 6.07) is 3.50. The fourth-order valence-electron chi connectivity index (χ4n) is 2.23. The number of hydrazine groups is 1. The molecule has 0 atom stereocenters. The number of nitrogens with one attached hydrogen (secondary N) is 2. The molecule has 1 fully saturated rings. The van der Waals surface area contributed by atoms with Crippen molar-refractivity contribution in [3.8, 4) is 5.75 Å². The summed E-state index contributed by atoms with van der Waals surface area (Å²) >= 11 is 0. The number of rotatable bonds is 3. The van der Waals surface area contributed by atoms with Gasteiger partial charge in [0, 0.05) is 17.2 Å². The Hall–Kier alpha value is -2.17. The van der Waals surface area contributed by atoms with Crippen molar-refractivity contribution in [2.45, 2.75) is 12.8 Å². The molecule has 0 unspecified atom stereocenters. The van der Waals surface area contributed by atoms with Crippen LogP contribution in [-0.4, -0.2) is 20.2 Å². The summed E-state index contributed by atoms with van der Waals surface area (Å²) in [5, 5.41) is 0. The van der Waals surface area contributed by atoms with Crippen LogP contribution in [0, 0.1) is 5.92 Å². The largest absolute Gasteiger partial charge is 0.494 e. The van der Waals surface area contributed by atoms with Crippen molar-refractivity contribution in [3.05, 3.63) is 29.0 Å². The topological polar surface area (TPSA) is 59.6 Å². The molecule has 1 aromatic carbocycles. The van der Waals surface area contributed by atoms with E-state index in [0.29, 0.717) is 17.2 Å². The van der Waals surface area contributed by atoms with Crippen molar-refractivity contribution in [2.24, 2.45) is 5.92 Å². The molecule has 5 nitrogen and oxygen atoms in total. The van der Waals surface area contributed by atoms with Crippen molar-refractivity contribution in [1.29, 1.82) is 0 Å². The molecule has 5 heteroatoms. The van der Waals surface area contributed by atoms with Gasteiger partial charge >= 0.3 is 5.97 Å². The number of hydrogen-bond donors (Lipinski definition) is 2. The molecule has 1 aliphatic heterocycles. The Kier molecular flexibility index (Phi) is 2.81. The summed E-state index contributed by atoms with van der Waals surface area (Å²) in [6.07, 6.45) is 4.49. The Morgan fingerprint density at radius 3 is 2.68 bits per heavy atom. The third-order valence-corrected chi connectivity index (χ3v) is 3.43. The van der Waals surface area contributed by atoms with Crippen molar-refractivity contribution >= 4 is 17.7 Å². The molecule has 2 N–H and O–H groups in total. The maximum Gasteiger partial charge on any atom is 0.338 e. The summed E-state index contributed by atoms with van der Waals surface area (Å²) in [4.78, 5) is 11.7. The lowest BCUT2D eigenvalue weighted by Crippen LogP contribution is -2.26. The Morgan fingerprint density at radius 2 is 2.05 bits per heavy atom. The third-order valence-electron chi connectivity index (χ3n) is 3.43. The number of carbonyl (C=O) groups excluding carboxylic acids is 1. The molecule has 19 heavy (non-hydrogen) atoms. The highest BCUT2D eigenvalue weighted by molar-refractivity contribution is 5.93. The predicted molar refractivity (Wildman–Crippen MR) is 71.8 cm³/mol. The van der Waals surface area contributed by atoms with E-state index in [4.69, 9.17) is 9.47 Å². The van der Waals surface area contributed by atoms with Crippen LogP contribution < -0.4 is 15.6 Å². The zero-order valence-corrected chi connectivity index (χ0v) is 10.9. The number of fused-ring (bicyclic) bond motifs is 1. The molecule has 100 valence electrons. The van der Waals surface area contributed by atoms with E-state index in [1.54, 1.807) is 13.2 Å². The second-order valence-electron chi connectivity index (χ2n) is 4.76. The van der Waals surface area contributed by atoms with E-state index < -0.39 is 0 Å². The predicted octanol–water partition coefficient (Wildman–Crippen LogP) is 2.16. The maximum atomic E-state index is 11.7. The normalized spacial score (nSPS) is 16.6. The molecule has 3 rings (SSSR count). The van der Waals surface area contributed by atoms with Gasteiger partial charge in [-0.2, -0.15) is 0 Å². The highest BCUT2D eigenvalue weighted by Gasteiger charge is 2.29. The Bertz CT molecular complexity index is 562. The SMILES string of the molecule is COC(=O)c1cc2c(c(OC)c1)NNC(C1CC1)=C2. The summed E-state index contributed by atoms with van der Waals surface area (Å²) in [6.45, 7) is 0. The number of carbonyl (C=O) groups is 1. The van der Waals surface area contributed by atoms with Gasteiger partial charge in [-0.15, -0.1) is 0 Å². The van der Waals surface area contributed by atoms with E-state index in [2.05, 4.69) is 16.9 Å². The van der Waals surface area contributed by atoms with Gasteiger partial charge in [0.15, 0.2) is 0 Å². The molecule has 0 spiro atoms. The first-order chi connectivity index (χ1) is 9.22. The van der Waals surface area contributed by atoms with Gasteiger partial charge in [-0.05, 0) is 31.1 Å². The molecule has 2 aliphatic rings. The summed E-state index contributed by atoms with van der Waals surface area (Å²) in [5.74, 6) is 0.867. The van der Waals surface area contributed by atoms with E-state index in [0.717, 1.165) is 16.9 Å². The Morgan fingerprint density at radius 1 is 1.26 bits per heavy atom. The van der Waals surface area contributed by atoms with Crippen molar-refractivity contribution in [2.75, 3.05) is 19.6 Å². The standard InChI is InChI=1S/C14H16N2O3/c1-18-12-7-10(14(17)19-2)5-9-6-11(8-3-4-8)15-16-13(9)12/h5-8,15-16H,3-4H2,1-2H3. The molecule has 1 aliphatic carbocycles. The Labute approximate surface area is 111 Å². The maximum absolute atomic E-state index is 11.7. The monoisotopic (exact) mass is 260 g/mol.